The predicted molar refractivity (Wildman–Crippen MR) is 79.3 cm³/mol. The number of rotatable bonds is 4. The molecular formula is C16H15ClN2. The standard InChI is InChI=1S/C16H15ClN2/c1-2-13-5-3-4-6-14(13)11-19-16-8-7-12(10-18)9-15(16)17/h3-9,19H,2,11H2,1H3. The molecule has 2 aromatic rings. The zero-order valence-corrected chi connectivity index (χ0v) is 11.5. The topological polar surface area (TPSA) is 35.8 Å². The van der Waals surface area contributed by atoms with Gasteiger partial charge in [-0.3, -0.25) is 0 Å². The number of hydrogen-bond acceptors (Lipinski definition) is 2. The van der Waals surface area contributed by atoms with Gasteiger partial charge in [-0.25, -0.2) is 0 Å². The predicted octanol–water partition coefficient (Wildman–Crippen LogP) is 4.39. The number of anilines is 1. The molecule has 0 amide bonds. The van der Waals surface area contributed by atoms with Crippen LogP contribution in [-0.2, 0) is 13.0 Å². The van der Waals surface area contributed by atoms with E-state index in [0.717, 1.165) is 18.7 Å². The lowest BCUT2D eigenvalue weighted by molar-refractivity contribution is 1.04. The van der Waals surface area contributed by atoms with E-state index in [1.165, 1.54) is 11.1 Å². The minimum absolute atomic E-state index is 0.574. The highest BCUT2D eigenvalue weighted by atomic mass is 35.5. The zero-order valence-electron chi connectivity index (χ0n) is 10.8. The van der Waals surface area contributed by atoms with Crippen LogP contribution in [0.2, 0.25) is 5.02 Å². The summed E-state index contributed by atoms with van der Waals surface area (Å²) >= 11 is 6.13. The number of hydrogen-bond donors (Lipinski definition) is 1. The molecule has 0 bridgehead atoms. The maximum absolute atomic E-state index is 8.80. The molecule has 2 rings (SSSR count). The van der Waals surface area contributed by atoms with Gasteiger partial charge in [0, 0.05) is 6.54 Å². The first kappa shape index (κ1) is 13.5. The van der Waals surface area contributed by atoms with Crippen molar-refractivity contribution in [2.75, 3.05) is 5.32 Å². The maximum atomic E-state index is 8.80. The van der Waals surface area contributed by atoms with Gasteiger partial charge in [-0.05, 0) is 35.7 Å². The van der Waals surface area contributed by atoms with Crippen molar-refractivity contribution in [3.8, 4) is 6.07 Å². The largest absolute Gasteiger partial charge is 0.380 e. The number of nitrogens with one attached hydrogen (secondary N) is 1. The van der Waals surface area contributed by atoms with Crippen molar-refractivity contribution in [1.29, 1.82) is 5.26 Å². The van der Waals surface area contributed by atoms with Gasteiger partial charge in [0.25, 0.3) is 0 Å². The normalized spacial score (nSPS) is 9.95. The number of nitriles is 1. The molecule has 0 spiro atoms. The first-order valence-corrected chi connectivity index (χ1v) is 6.62. The summed E-state index contributed by atoms with van der Waals surface area (Å²) in [5, 5.41) is 12.7. The van der Waals surface area contributed by atoms with Crippen LogP contribution >= 0.6 is 11.6 Å². The fourth-order valence-corrected chi connectivity index (χ4v) is 2.24. The molecule has 3 heteroatoms. The van der Waals surface area contributed by atoms with Crippen LogP contribution in [0.15, 0.2) is 42.5 Å². The third-order valence-corrected chi connectivity index (χ3v) is 3.38. The Morgan fingerprint density at radius 3 is 2.53 bits per heavy atom. The van der Waals surface area contributed by atoms with E-state index in [1.807, 2.05) is 12.1 Å². The van der Waals surface area contributed by atoms with Crippen LogP contribution in [0.1, 0.15) is 23.6 Å². The SMILES string of the molecule is CCc1ccccc1CNc1ccc(C#N)cc1Cl. The molecule has 0 saturated heterocycles. The summed E-state index contributed by atoms with van der Waals surface area (Å²) in [6, 6.07) is 15.7. The van der Waals surface area contributed by atoms with Gasteiger partial charge in [-0.1, -0.05) is 42.8 Å². The monoisotopic (exact) mass is 270 g/mol. The molecule has 1 N–H and O–H groups in total. The molecule has 0 aliphatic carbocycles. The van der Waals surface area contributed by atoms with Crippen LogP contribution in [0.4, 0.5) is 5.69 Å². The average molecular weight is 271 g/mol. The smallest absolute Gasteiger partial charge is 0.0992 e. The molecule has 0 atom stereocenters. The highest BCUT2D eigenvalue weighted by molar-refractivity contribution is 6.33. The van der Waals surface area contributed by atoms with Crippen molar-refractivity contribution >= 4 is 17.3 Å². The van der Waals surface area contributed by atoms with Gasteiger partial charge in [-0.15, -0.1) is 0 Å². The molecule has 96 valence electrons. The summed E-state index contributed by atoms with van der Waals surface area (Å²) in [6.07, 6.45) is 1.01. The van der Waals surface area contributed by atoms with Crippen molar-refractivity contribution in [2.24, 2.45) is 0 Å². The van der Waals surface area contributed by atoms with E-state index in [1.54, 1.807) is 12.1 Å². The van der Waals surface area contributed by atoms with Crippen LogP contribution in [0.25, 0.3) is 0 Å². The lowest BCUT2D eigenvalue weighted by Gasteiger charge is -2.11. The molecule has 0 heterocycles. The molecule has 2 nitrogen and oxygen atoms in total. The van der Waals surface area contributed by atoms with Gasteiger partial charge < -0.3 is 5.32 Å². The first-order chi connectivity index (χ1) is 9.24. The van der Waals surface area contributed by atoms with Gasteiger partial charge in [-0.2, -0.15) is 5.26 Å². The van der Waals surface area contributed by atoms with Crippen LogP contribution in [-0.4, -0.2) is 0 Å². The average Bonchev–Trinajstić information content (AvgIpc) is 2.46. The quantitative estimate of drug-likeness (QED) is 0.895. The molecule has 0 aliphatic heterocycles. The number of benzene rings is 2. The third-order valence-electron chi connectivity index (χ3n) is 3.07. The van der Waals surface area contributed by atoms with E-state index in [9.17, 15) is 0 Å². The Balaban J connectivity index is 2.13. The van der Waals surface area contributed by atoms with Gasteiger partial charge in [0.1, 0.15) is 0 Å². The summed E-state index contributed by atoms with van der Waals surface area (Å²) in [4.78, 5) is 0. The summed E-state index contributed by atoms with van der Waals surface area (Å²) in [5.41, 5.74) is 4.03. The summed E-state index contributed by atoms with van der Waals surface area (Å²) in [7, 11) is 0. The highest BCUT2D eigenvalue weighted by Gasteiger charge is 2.03. The second kappa shape index (κ2) is 6.26. The minimum Gasteiger partial charge on any atom is -0.380 e. The van der Waals surface area contributed by atoms with E-state index in [2.05, 4.69) is 36.5 Å². The number of halogens is 1. The van der Waals surface area contributed by atoms with E-state index >= 15 is 0 Å². The molecule has 2 aromatic carbocycles. The molecule has 0 unspecified atom stereocenters. The molecule has 0 saturated carbocycles. The van der Waals surface area contributed by atoms with Crippen LogP contribution in [0.3, 0.4) is 0 Å². The minimum atomic E-state index is 0.574. The molecule has 0 aromatic heterocycles. The fourth-order valence-electron chi connectivity index (χ4n) is 1.99. The van der Waals surface area contributed by atoms with Crippen molar-refractivity contribution in [2.45, 2.75) is 19.9 Å². The molecule has 0 fully saturated rings. The Labute approximate surface area is 118 Å². The Kier molecular flexibility index (Phi) is 4.43. The Bertz CT molecular complexity index is 614. The maximum Gasteiger partial charge on any atom is 0.0992 e. The zero-order chi connectivity index (χ0) is 13.7. The van der Waals surface area contributed by atoms with Crippen molar-refractivity contribution in [3.63, 3.8) is 0 Å². The number of aryl methyl sites for hydroxylation is 1. The second-order valence-electron chi connectivity index (χ2n) is 4.28. The van der Waals surface area contributed by atoms with Crippen molar-refractivity contribution in [3.05, 3.63) is 64.2 Å². The Morgan fingerprint density at radius 2 is 1.89 bits per heavy atom. The lowest BCUT2D eigenvalue weighted by atomic mass is 10.1. The fraction of sp³-hybridized carbons (Fsp3) is 0.188. The third kappa shape index (κ3) is 3.27. The summed E-state index contributed by atoms with van der Waals surface area (Å²) in [6.45, 7) is 2.88. The van der Waals surface area contributed by atoms with Crippen molar-refractivity contribution in [1.82, 2.24) is 0 Å². The molecular weight excluding hydrogens is 256 g/mol. The van der Waals surface area contributed by atoms with Crippen LogP contribution in [0.5, 0.6) is 0 Å². The Hall–Kier alpha value is -1.98. The van der Waals surface area contributed by atoms with Crippen LogP contribution in [0, 0.1) is 11.3 Å². The van der Waals surface area contributed by atoms with E-state index in [-0.39, 0.29) is 0 Å². The van der Waals surface area contributed by atoms with E-state index in [0.29, 0.717) is 10.6 Å². The van der Waals surface area contributed by atoms with E-state index in [4.69, 9.17) is 16.9 Å². The van der Waals surface area contributed by atoms with Crippen molar-refractivity contribution < 1.29 is 0 Å². The first-order valence-electron chi connectivity index (χ1n) is 6.25. The van der Waals surface area contributed by atoms with Crippen LogP contribution < -0.4 is 5.32 Å². The van der Waals surface area contributed by atoms with E-state index < -0.39 is 0 Å². The Morgan fingerprint density at radius 1 is 1.16 bits per heavy atom. The molecule has 0 aliphatic rings. The molecule has 19 heavy (non-hydrogen) atoms. The lowest BCUT2D eigenvalue weighted by Crippen LogP contribution is -2.03. The summed E-state index contributed by atoms with van der Waals surface area (Å²) < 4.78 is 0. The van der Waals surface area contributed by atoms with Gasteiger partial charge in [0.15, 0.2) is 0 Å². The molecule has 0 radical (unpaired) electrons. The summed E-state index contributed by atoms with van der Waals surface area (Å²) in [5.74, 6) is 0. The van der Waals surface area contributed by atoms with Gasteiger partial charge >= 0.3 is 0 Å². The van der Waals surface area contributed by atoms with Gasteiger partial charge in [0.05, 0.1) is 22.3 Å². The van der Waals surface area contributed by atoms with Gasteiger partial charge in [0.2, 0.25) is 0 Å². The second-order valence-corrected chi connectivity index (χ2v) is 4.69. The number of nitrogens with zero attached hydrogens (tertiary/aromatic N) is 1. The highest BCUT2D eigenvalue weighted by Crippen LogP contribution is 2.23.